The molecule has 3 rings (SSSR count). The summed E-state index contributed by atoms with van der Waals surface area (Å²) in [5, 5.41) is 9.63. The quantitative estimate of drug-likeness (QED) is 0.823. The third-order valence-corrected chi connectivity index (χ3v) is 3.47. The molecule has 1 atom stereocenters. The Balaban J connectivity index is 1.79. The minimum absolute atomic E-state index is 0.0595. The zero-order valence-electron chi connectivity index (χ0n) is 10.7. The molecule has 1 saturated heterocycles. The Morgan fingerprint density at radius 3 is 2.84 bits per heavy atom. The van der Waals surface area contributed by atoms with Crippen molar-refractivity contribution in [3.05, 3.63) is 23.8 Å². The molecule has 1 N–H and O–H groups in total. The summed E-state index contributed by atoms with van der Waals surface area (Å²) >= 11 is 0. The van der Waals surface area contributed by atoms with Gasteiger partial charge in [0, 0.05) is 18.7 Å². The normalized spacial score (nSPS) is 22.2. The van der Waals surface area contributed by atoms with Gasteiger partial charge in [0.15, 0.2) is 11.5 Å². The zero-order chi connectivity index (χ0) is 13.2. The van der Waals surface area contributed by atoms with Crippen LogP contribution in [0, 0.1) is 0 Å². The number of rotatable bonds is 1. The fourth-order valence-corrected chi connectivity index (χ4v) is 2.50. The Morgan fingerprint density at radius 1 is 1.26 bits per heavy atom. The number of piperidine rings is 1. The fraction of sp³-hybridized carbons (Fsp3) is 0.500. The van der Waals surface area contributed by atoms with Gasteiger partial charge in [-0.15, -0.1) is 0 Å². The van der Waals surface area contributed by atoms with Gasteiger partial charge in [-0.25, -0.2) is 0 Å². The van der Waals surface area contributed by atoms with Crippen molar-refractivity contribution < 1.29 is 19.4 Å². The molecular formula is C14H17NO4. The number of likely N-dealkylation sites (tertiary alicyclic amines) is 1. The molecular weight excluding hydrogens is 246 g/mol. The van der Waals surface area contributed by atoms with Gasteiger partial charge in [-0.2, -0.15) is 0 Å². The highest BCUT2D eigenvalue weighted by Gasteiger charge is 2.24. The summed E-state index contributed by atoms with van der Waals surface area (Å²) in [5.74, 6) is 1.24. The van der Waals surface area contributed by atoms with Gasteiger partial charge in [-0.05, 0) is 31.0 Å². The summed E-state index contributed by atoms with van der Waals surface area (Å²) in [5.41, 5.74) is 0.582. The molecule has 0 aliphatic carbocycles. The molecule has 0 spiro atoms. The predicted octanol–water partition coefficient (Wildman–Crippen LogP) is 1.05. The monoisotopic (exact) mass is 263 g/mol. The van der Waals surface area contributed by atoms with Crippen molar-refractivity contribution in [1.29, 1.82) is 0 Å². The van der Waals surface area contributed by atoms with E-state index in [1.807, 2.05) is 0 Å². The van der Waals surface area contributed by atoms with E-state index in [2.05, 4.69) is 0 Å². The maximum absolute atomic E-state index is 12.3. The highest BCUT2D eigenvalue weighted by atomic mass is 16.6. The van der Waals surface area contributed by atoms with Crippen LogP contribution in [0.1, 0.15) is 23.2 Å². The van der Waals surface area contributed by atoms with Crippen LogP contribution >= 0.6 is 0 Å². The molecule has 102 valence electrons. The number of nitrogens with zero attached hydrogens (tertiary/aromatic N) is 1. The SMILES string of the molecule is O=C(c1ccc2c(c1)OCCO2)N1CCC[C@H](O)C1. The Hall–Kier alpha value is -1.75. The Kier molecular flexibility index (Phi) is 3.29. The standard InChI is InChI=1S/C14H17NO4/c16-11-2-1-5-15(9-11)14(17)10-3-4-12-13(8-10)19-7-6-18-12/h3-4,8,11,16H,1-2,5-7,9H2/t11-/m0/s1. The van der Waals surface area contributed by atoms with Gasteiger partial charge in [0.1, 0.15) is 13.2 Å². The summed E-state index contributed by atoms with van der Waals surface area (Å²) in [6, 6.07) is 5.23. The van der Waals surface area contributed by atoms with Crippen LogP contribution in [0.2, 0.25) is 0 Å². The fourth-order valence-electron chi connectivity index (χ4n) is 2.50. The molecule has 1 amide bonds. The lowest BCUT2D eigenvalue weighted by Crippen LogP contribution is -2.42. The smallest absolute Gasteiger partial charge is 0.254 e. The molecule has 1 fully saturated rings. The molecule has 1 aromatic carbocycles. The number of β-amino-alcohol motifs (C(OH)–C–C–N with tert-alkyl or cyclic N) is 1. The van der Waals surface area contributed by atoms with Crippen LogP contribution in [0.5, 0.6) is 11.5 Å². The van der Waals surface area contributed by atoms with E-state index in [1.54, 1.807) is 23.1 Å². The molecule has 1 aromatic rings. The lowest BCUT2D eigenvalue weighted by atomic mass is 10.1. The number of fused-ring (bicyclic) bond motifs is 1. The number of amides is 1. The summed E-state index contributed by atoms with van der Waals surface area (Å²) in [6.07, 6.45) is 1.21. The highest BCUT2D eigenvalue weighted by Crippen LogP contribution is 2.31. The van der Waals surface area contributed by atoms with Crippen molar-refractivity contribution in [2.75, 3.05) is 26.3 Å². The van der Waals surface area contributed by atoms with Gasteiger partial charge in [0.05, 0.1) is 6.10 Å². The molecule has 2 heterocycles. The summed E-state index contributed by atoms with van der Waals surface area (Å²) < 4.78 is 10.9. The molecule has 2 aliphatic heterocycles. The predicted molar refractivity (Wildman–Crippen MR) is 68.6 cm³/mol. The largest absolute Gasteiger partial charge is 0.486 e. The zero-order valence-corrected chi connectivity index (χ0v) is 10.7. The van der Waals surface area contributed by atoms with Crippen LogP contribution in [0.25, 0.3) is 0 Å². The maximum Gasteiger partial charge on any atom is 0.254 e. The van der Waals surface area contributed by atoms with Crippen LogP contribution in [-0.2, 0) is 0 Å². The van der Waals surface area contributed by atoms with E-state index >= 15 is 0 Å². The second-order valence-corrected chi connectivity index (χ2v) is 4.91. The molecule has 0 aromatic heterocycles. The summed E-state index contributed by atoms with van der Waals surface area (Å²) in [4.78, 5) is 14.0. The number of aliphatic hydroxyl groups is 1. The van der Waals surface area contributed by atoms with Crippen molar-refractivity contribution in [3.8, 4) is 11.5 Å². The topological polar surface area (TPSA) is 59.0 Å². The Morgan fingerprint density at radius 2 is 2.05 bits per heavy atom. The van der Waals surface area contributed by atoms with Crippen LogP contribution in [0.4, 0.5) is 0 Å². The number of carbonyl (C=O) groups is 1. The van der Waals surface area contributed by atoms with Crippen molar-refractivity contribution in [3.63, 3.8) is 0 Å². The molecule has 0 bridgehead atoms. The average Bonchev–Trinajstić information content (AvgIpc) is 2.46. The summed E-state index contributed by atoms with van der Waals surface area (Å²) in [6.45, 7) is 2.16. The first-order valence-electron chi connectivity index (χ1n) is 6.61. The summed E-state index contributed by atoms with van der Waals surface area (Å²) in [7, 11) is 0. The Bertz CT molecular complexity index is 488. The molecule has 2 aliphatic rings. The van der Waals surface area contributed by atoms with E-state index in [4.69, 9.17) is 9.47 Å². The minimum Gasteiger partial charge on any atom is -0.486 e. The van der Waals surface area contributed by atoms with Gasteiger partial charge < -0.3 is 19.5 Å². The number of ether oxygens (including phenoxy) is 2. The first kappa shape index (κ1) is 12.3. The van der Waals surface area contributed by atoms with Gasteiger partial charge in [0.25, 0.3) is 5.91 Å². The number of carbonyl (C=O) groups excluding carboxylic acids is 1. The minimum atomic E-state index is -0.407. The van der Waals surface area contributed by atoms with Crippen LogP contribution in [-0.4, -0.2) is 48.3 Å². The van der Waals surface area contributed by atoms with Crippen molar-refractivity contribution in [2.24, 2.45) is 0 Å². The molecule has 19 heavy (non-hydrogen) atoms. The van der Waals surface area contributed by atoms with E-state index in [0.29, 0.717) is 43.4 Å². The third-order valence-electron chi connectivity index (χ3n) is 3.47. The Labute approximate surface area is 111 Å². The van der Waals surface area contributed by atoms with E-state index in [-0.39, 0.29) is 5.91 Å². The first-order valence-corrected chi connectivity index (χ1v) is 6.61. The molecule has 0 saturated carbocycles. The lowest BCUT2D eigenvalue weighted by Gasteiger charge is -2.30. The number of hydrogen-bond donors (Lipinski definition) is 1. The van der Waals surface area contributed by atoms with Crippen molar-refractivity contribution in [2.45, 2.75) is 18.9 Å². The van der Waals surface area contributed by atoms with Crippen LogP contribution < -0.4 is 9.47 Å². The van der Waals surface area contributed by atoms with Gasteiger partial charge in [-0.1, -0.05) is 0 Å². The first-order chi connectivity index (χ1) is 9.24. The molecule has 0 unspecified atom stereocenters. The number of aliphatic hydroxyl groups excluding tert-OH is 1. The lowest BCUT2D eigenvalue weighted by molar-refractivity contribution is 0.0473. The van der Waals surface area contributed by atoms with E-state index in [1.165, 1.54) is 0 Å². The number of benzene rings is 1. The van der Waals surface area contributed by atoms with E-state index in [9.17, 15) is 9.90 Å². The molecule has 0 radical (unpaired) electrons. The van der Waals surface area contributed by atoms with Crippen LogP contribution in [0.15, 0.2) is 18.2 Å². The second-order valence-electron chi connectivity index (χ2n) is 4.91. The van der Waals surface area contributed by atoms with E-state index < -0.39 is 6.10 Å². The van der Waals surface area contributed by atoms with Crippen LogP contribution in [0.3, 0.4) is 0 Å². The third kappa shape index (κ3) is 2.51. The highest BCUT2D eigenvalue weighted by molar-refractivity contribution is 5.95. The average molecular weight is 263 g/mol. The van der Waals surface area contributed by atoms with Gasteiger partial charge in [0.2, 0.25) is 0 Å². The molecule has 5 heteroatoms. The maximum atomic E-state index is 12.3. The second kappa shape index (κ2) is 5.09. The molecule has 5 nitrogen and oxygen atoms in total. The van der Waals surface area contributed by atoms with Gasteiger partial charge in [-0.3, -0.25) is 4.79 Å². The van der Waals surface area contributed by atoms with Crippen molar-refractivity contribution >= 4 is 5.91 Å². The number of hydrogen-bond acceptors (Lipinski definition) is 4. The van der Waals surface area contributed by atoms with Crippen molar-refractivity contribution in [1.82, 2.24) is 4.90 Å². The van der Waals surface area contributed by atoms with E-state index in [0.717, 1.165) is 12.8 Å². The van der Waals surface area contributed by atoms with Gasteiger partial charge >= 0.3 is 0 Å².